The second kappa shape index (κ2) is 7.52. The van der Waals surface area contributed by atoms with Gasteiger partial charge < -0.3 is 4.90 Å². The molecule has 1 aromatic heterocycles. The van der Waals surface area contributed by atoms with E-state index in [-0.39, 0.29) is 29.7 Å². The van der Waals surface area contributed by atoms with Gasteiger partial charge in [0, 0.05) is 17.5 Å². The molecule has 3 aromatic rings. The smallest absolute Gasteiger partial charge is 0.257 e. The number of carbonyl (C=O) groups is 1. The predicted octanol–water partition coefficient (Wildman–Crippen LogP) is 4.13. The van der Waals surface area contributed by atoms with Crippen LogP contribution in [0.4, 0.5) is 10.1 Å². The van der Waals surface area contributed by atoms with Crippen molar-refractivity contribution in [3.05, 3.63) is 83.4 Å². The molecular weight excluding hydrogens is 419 g/mol. The largest absolute Gasteiger partial charge is 0.319 e. The lowest BCUT2D eigenvalue weighted by Crippen LogP contribution is -2.33. The van der Waals surface area contributed by atoms with E-state index < -0.39 is 0 Å². The molecule has 2 aromatic carbocycles. The number of nitrogens with zero attached hydrogens (tertiary/aromatic N) is 4. The first-order chi connectivity index (χ1) is 14.5. The van der Waals surface area contributed by atoms with Gasteiger partial charge in [0.25, 0.3) is 5.91 Å². The number of hydrogen-bond donors (Lipinski definition) is 0. The van der Waals surface area contributed by atoms with Crippen molar-refractivity contribution < 1.29 is 9.18 Å². The highest BCUT2D eigenvalue weighted by Crippen LogP contribution is 2.46. The molecule has 3 heterocycles. The predicted molar refractivity (Wildman–Crippen MR) is 120 cm³/mol. The Bertz CT molecular complexity index is 1130. The minimum absolute atomic E-state index is 0.0190. The van der Waals surface area contributed by atoms with E-state index in [2.05, 4.69) is 36.3 Å². The van der Waals surface area contributed by atoms with Gasteiger partial charge in [0.15, 0.2) is 5.11 Å². The van der Waals surface area contributed by atoms with Gasteiger partial charge in [0.2, 0.25) is 0 Å². The van der Waals surface area contributed by atoms with Crippen molar-refractivity contribution in [1.29, 1.82) is 0 Å². The Labute approximate surface area is 183 Å². The van der Waals surface area contributed by atoms with Crippen molar-refractivity contribution in [3.8, 4) is 0 Å². The van der Waals surface area contributed by atoms with Crippen LogP contribution in [0.1, 0.15) is 22.1 Å². The van der Waals surface area contributed by atoms with E-state index >= 15 is 0 Å². The fraction of sp³-hybridized carbons (Fsp3) is 0.227. The summed E-state index contributed by atoms with van der Waals surface area (Å²) in [6.07, 6.45) is 3.36. The number of aryl methyl sites for hydroxylation is 1. The number of anilines is 1. The summed E-state index contributed by atoms with van der Waals surface area (Å²) < 4.78 is 15.6. The van der Waals surface area contributed by atoms with Crippen LogP contribution in [0.2, 0.25) is 0 Å². The summed E-state index contributed by atoms with van der Waals surface area (Å²) in [7, 11) is 0. The summed E-state index contributed by atoms with van der Waals surface area (Å²) >= 11 is 7.46. The van der Waals surface area contributed by atoms with Crippen molar-refractivity contribution in [2.75, 3.05) is 10.7 Å². The molecule has 2 atom stereocenters. The van der Waals surface area contributed by atoms with Gasteiger partial charge in [0.05, 0.1) is 18.4 Å². The molecule has 152 valence electrons. The van der Waals surface area contributed by atoms with Crippen LogP contribution in [0.5, 0.6) is 0 Å². The van der Waals surface area contributed by atoms with Crippen molar-refractivity contribution in [2.24, 2.45) is 0 Å². The number of halogens is 1. The number of thiocarbonyl (C=S) groups is 1. The molecule has 0 aliphatic carbocycles. The molecule has 0 bridgehead atoms. The molecule has 2 fully saturated rings. The third-order valence-corrected chi connectivity index (χ3v) is 7.17. The maximum absolute atomic E-state index is 14.0. The molecule has 5 rings (SSSR count). The molecular formula is C22H19FN4OS2. The number of amides is 1. The van der Waals surface area contributed by atoms with Gasteiger partial charge in [-0.15, -0.1) is 11.8 Å². The Morgan fingerprint density at radius 3 is 2.73 bits per heavy atom. The molecule has 0 saturated carbocycles. The van der Waals surface area contributed by atoms with Crippen LogP contribution in [0, 0.1) is 12.7 Å². The first-order valence-electron chi connectivity index (χ1n) is 9.63. The zero-order valence-corrected chi connectivity index (χ0v) is 17.9. The van der Waals surface area contributed by atoms with Gasteiger partial charge in [-0.2, -0.15) is 5.10 Å². The lowest BCUT2D eigenvalue weighted by Gasteiger charge is -2.25. The van der Waals surface area contributed by atoms with E-state index in [4.69, 9.17) is 12.2 Å². The molecule has 0 unspecified atom stereocenters. The van der Waals surface area contributed by atoms with Crippen LogP contribution in [0.25, 0.3) is 0 Å². The zero-order valence-electron chi connectivity index (χ0n) is 16.2. The first kappa shape index (κ1) is 19.3. The summed E-state index contributed by atoms with van der Waals surface area (Å²) in [6.45, 7) is 2.34. The molecule has 30 heavy (non-hydrogen) atoms. The average molecular weight is 439 g/mol. The highest BCUT2D eigenvalue weighted by atomic mass is 32.2. The standard InChI is InChI=1S/C22H19FN4OS2/c1-14-6-8-15(9-7-14)21-27-19(13-30-21)20(28)26(22(27)29)17-10-24-25(12-17)11-16-4-2-3-5-18(16)23/h2-10,12,19,21H,11,13H2,1H3/t19-,21+/m0/s1. The Hall–Kier alpha value is -2.71. The monoisotopic (exact) mass is 438 g/mol. The molecule has 5 nitrogen and oxygen atoms in total. The zero-order chi connectivity index (χ0) is 20.8. The van der Waals surface area contributed by atoms with Gasteiger partial charge in [-0.05, 0) is 30.8 Å². The summed E-state index contributed by atoms with van der Waals surface area (Å²) in [5.41, 5.74) is 3.49. The van der Waals surface area contributed by atoms with Crippen LogP contribution in [0.3, 0.4) is 0 Å². The number of hydrogen-bond acceptors (Lipinski definition) is 4. The minimum Gasteiger partial charge on any atom is -0.319 e. The summed E-state index contributed by atoms with van der Waals surface area (Å²) in [4.78, 5) is 16.7. The van der Waals surface area contributed by atoms with E-state index in [1.807, 2.05) is 4.90 Å². The first-order valence-corrected chi connectivity index (χ1v) is 11.1. The van der Waals surface area contributed by atoms with Crippen molar-refractivity contribution in [1.82, 2.24) is 14.7 Å². The molecule has 2 aliphatic heterocycles. The van der Waals surface area contributed by atoms with E-state index in [1.165, 1.54) is 11.6 Å². The van der Waals surface area contributed by atoms with Gasteiger partial charge in [-0.25, -0.2) is 4.39 Å². The molecule has 0 spiro atoms. The third kappa shape index (κ3) is 3.20. The lowest BCUT2D eigenvalue weighted by atomic mass is 10.1. The van der Waals surface area contributed by atoms with Gasteiger partial charge in [-0.1, -0.05) is 48.0 Å². The number of rotatable bonds is 4. The maximum atomic E-state index is 14.0. The molecule has 1 amide bonds. The molecule has 0 N–H and O–H groups in total. The Morgan fingerprint density at radius 1 is 1.20 bits per heavy atom. The summed E-state index contributed by atoms with van der Waals surface area (Å²) in [5, 5.41) is 4.83. The van der Waals surface area contributed by atoms with Crippen molar-refractivity contribution in [2.45, 2.75) is 24.9 Å². The minimum atomic E-state index is -0.277. The van der Waals surface area contributed by atoms with Crippen LogP contribution in [-0.2, 0) is 11.3 Å². The second-order valence-electron chi connectivity index (χ2n) is 7.46. The van der Waals surface area contributed by atoms with Crippen molar-refractivity contribution >= 4 is 40.7 Å². The van der Waals surface area contributed by atoms with Crippen LogP contribution in [0.15, 0.2) is 60.9 Å². The summed E-state index contributed by atoms with van der Waals surface area (Å²) in [6, 6.07) is 14.7. The van der Waals surface area contributed by atoms with Crippen LogP contribution < -0.4 is 4.90 Å². The third-order valence-electron chi connectivity index (χ3n) is 5.45. The lowest BCUT2D eigenvalue weighted by molar-refractivity contribution is -0.119. The molecule has 2 aliphatic rings. The van der Waals surface area contributed by atoms with Gasteiger partial charge in [0.1, 0.15) is 17.2 Å². The Kier molecular flexibility index (Phi) is 4.83. The average Bonchev–Trinajstić information content (AvgIpc) is 3.42. The van der Waals surface area contributed by atoms with E-state index in [0.29, 0.717) is 22.1 Å². The normalized spacial score (nSPS) is 20.9. The highest BCUT2D eigenvalue weighted by Gasteiger charge is 2.51. The number of thioether (sulfide) groups is 1. The van der Waals surface area contributed by atoms with E-state index in [9.17, 15) is 9.18 Å². The van der Waals surface area contributed by atoms with Gasteiger partial charge >= 0.3 is 0 Å². The Balaban J connectivity index is 1.39. The van der Waals surface area contributed by atoms with Gasteiger partial charge in [-0.3, -0.25) is 14.4 Å². The number of benzene rings is 2. The molecule has 0 radical (unpaired) electrons. The van der Waals surface area contributed by atoms with E-state index in [0.717, 1.165) is 5.56 Å². The Morgan fingerprint density at radius 2 is 1.97 bits per heavy atom. The summed E-state index contributed by atoms with van der Waals surface area (Å²) in [5.74, 6) is 0.380. The fourth-order valence-electron chi connectivity index (χ4n) is 3.87. The quantitative estimate of drug-likeness (QED) is 0.573. The maximum Gasteiger partial charge on any atom is 0.257 e. The van der Waals surface area contributed by atoms with Crippen LogP contribution >= 0.6 is 24.0 Å². The number of aromatic nitrogens is 2. The molecule has 8 heteroatoms. The number of carbonyl (C=O) groups excluding carboxylic acids is 1. The number of fused-ring (bicyclic) bond motifs is 1. The second-order valence-corrected chi connectivity index (χ2v) is 8.94. The van der Waals surface area contributed by atoms with Crippen molar-refractivity contribution in [3.63, 3.8) is 0 Å². The fourth-order valence-corrected chi connectivity index (χ4v) is 5.79. The SMILES string of the molecule is Cc1ccc([C@H]2SC[C@H]3C(=O)N(c4cnn(Cc5ccccc5F)c4)C(=S)N23)cc1. The highest BCUT2D eigenvalue weighted by molar-refractivity contribution is 7.99. The molecule has 2 saturated heterocycles. The van der Waals surface area contributed by atoms with E-state index in [1.54, 1.807) is 51.9 Å². The van der Waals surface area contributed by atoms with Crippen LogP contribution in [-0.4, -0.2) is 37.5 Å². The topological polar surface area (TPSA) is 41.4 Å².